The van der Waals surface area contributed by atoms with Gasteiger partial charge in [0.25, 0.3) is 0 Å². The second-order valence-electron chi connectivity index (χ2n) is 5.77. The Balaban J connectivity index is 2.29. The van der Waals surface area contributed by atoms with Gasteiger partial charge in [-0.3, -0.25) is 0 Å². The highest BCUT2D eigenvalue weighted by molar-refractivity contribution is 7.89. The second-order valence-corrected chi connectivity index (χ2v) is 7.78. The molecule has 0 saturated heterocycles. The first-order chi connectivity index (χ1) is 9.90. The number of hydrogen-bond donors (Lipinski definition) is 1. The predicted molar refractivity (Wildman–Crippen MR) is 82.8 cm³/mol. The third kappa shape index (κ3) is 3.56. The van der Waals surface area contributed by atoms with Crippen molar-refractivity contribution in [2.45, 2.75) is 24.7 Å². The molecular weight excluding hydrogens is 288 g/mol. The van der Waals surface area contributed by atoms with E-state index in [-0.39, 0.29) is 0 Å². The third-order valence-corrected chi connectivity index (χ3v) is 6.06. The molecule has 1 aromatic carbocycles. The Kier molecular flexibility index (Phi) is 4.91. The molecule has 1 aliphatic carbocycles. The van der Waals surface area contributed by atoms with Crippen molar-refractivity contribution in [1.29, 1.82) is 0 Å². The van der Waals surface area contributed by atoms with Crippen LogP contribution in [0.4, 0.5) is 0 Å². The van der Waals surface area contributed by atoms with Crippen LogP contribution in [0.5, 0.6) is 5.75 Å². The summed E-state index contributed by atoms with van der Waals surface area (Å²) in [6, 6.07) is 5.06. The standard InChI is InChI=1S/C15H24N2O3S/c1-11-8-13(11)10-17(2)21(18,19)15-5-4-14(20-3)9-12(15)6-7-16/h4-5,9,11,13H,6-8,10,16H2,1-3H3. The van der Waals surface area contributed by atoms with Crippen molar-refractivity contribution >= 4 is 10.0 Å². The van der Waals surface area contributed by atoms with E-state index < -0.39 is 10.0 Å². The number of nitrogens with zero attached hydrogens (tertiary/aromatic N) is 1. The van der Waals surface area contributed by atoms with Crippen molar-refractivity contribution in [3.63, 3.8) is 0 Å². The Labute approximate surface area is 127 Å². The summed E-state index contributed by atoms with van der Waals surface area (Å²) in [6.45, 7) is 3.13. The highest BCUT2D eigenvalue weighted by Crippen LogP contribution is 2.39. The molecule has 6 heteroatoms. The molecule has 0 bridgehead atoms. The fourth-order valence-electron chi connectivity index (χ4n) is 2.54. The Morgan fingerprint density at radius 1 is 1.43 bits per heavy atom. The smallest absolute Gasteiger partial charge is 0.243 e. The van der Waals surface area contributed by atoms with Crippen molar-refractivity contribution in [2.75, 3.05) is 27.2 Å². The van der Waals surface area contributed by atoms with E-state index in [4.69, 9.17) is 10.5 Å². The minimum atomic E-state index is -3.47. The van der Waals surface area contributed by atoms with Gasteiger partial charge in [-0.1, -0.05) is 6.92 Å². The summed E-state index contributed by atoms with van der Waals surface area (Å²) >= 11 is 0. The summed E-state index contributed by atoms with van der Waals surface area (Å²) in [4.78, 5) is 0.338. The van der Waals surface area contributed by atoms with Gasteiger partial charge in [-0.15, -0.1) is 0 Å². The predicted octanol–water partition coefficient (Wildman–Crippen LogP) is 1.47. The molecule has 1 saturated carbocycles. The molecule has 1 fully saturated rings. The third-order valence-electron chi connectivity index (χ3n) is 4.14. The van der Waals surface area contributed by atoms with Gasteiger partial charge in [0.15, 0.2) is 0 Å². The summed E-state index contributed by atoms with van der Waals surface area (Å²) in [6.07, 6.45) is 1.62. The van der Waals surface area contributed by atoms with Gasteiger partial charge in [-0.2, -0.15) is 0 Å². The molecule has 2 unspecified atom stereocenters. The first-order valence-electron chi connectivity index (χ1n) is 7.23. The summed E-state index contributed by atoms with van der Waals surface area (Å²) in [7, 11) is -0.258. The lowest BCUT2D eigenvalue weighted by molar-refractivity contribution is 0.413. The lowest BCUT2D eigenvalue weighted by Crippen LogP contribution is -2.30. The zero-order valence-corrected chi connectivity index (χ0v) is 13.7. The minimum Gasteiger partial charge on any atom is -0.497 e. The van der Waals surface area contributed by atoms with Crippen LogP contribution in [0.3, 0.4) is 0 Å². The number of ether oxygens (including phenoxy) is 1. The molecule has 5 nitrogen and oxygen atoms in total. The highest BCUT2D eigenvalue weighted by Gasteiger charge is 2.36. The van der Waals surface area contributed by atoms with Gasteiger partial charge < -0.3 is 10.5 Å². The van der Waals surface area contributed by atoms with Crippen LogP contribution in [0.25, 0.3) is 0 Å². The minimum absolute atomic E-state index is 0.338. The zero-order valence-electron chi connectivity index (χ0n) is 12.9. The van der Waals surface area contributed by atoms with Crippen LogP contribution >= 0.6 is 0 Å². The van der Waals surface area contributed by atoms with E-state index in [1.165, 1.54) is 4.31 Å². The first-order valence-corrected chi connectivity index (χ1v) is 8.67. The van der Waals surface area contributed by atoms with Crippen molar-refractivity contribution in [2.24, 2.45) is 17.6 Å². The second kappa shape index (κ2) is 6.34. The van der Waals surface area contributed by atoms with Crippen LogP contribution in [0.2, 0.25) is 0 Å². The van der Waals surface area contributed by atoms with Crippen LogP contribution < -0.4 is 10.5 Å². The average Bonchev–Trinajstić information content (AvgIpc) is 3.14. The molecule has 1 aromatic rings. The molecule has 2 atom stereocenters. The molecule has 118 valence electrons. The lowest BCUT2D eigenvalue weighted by atomic mass is 10.1. The average molecular weight is 312 g/mol. The van der Waals surface area contributed by atoms with E-state index in [1.54, 1.807) is 32.4 Å². The van der Waals surface area contributed by atoms with Gasteiger partial charge >= 0.3 is 0 Å². The SMILES string of the molecule is COc1ccc(S(=O)(=O)N(C)CC2CC2C)c(CCN)c1. The Morgan fingerprint density at radius 3 is 2.62 bits per heavy atom. The van der Waals surface area contributed by atoms with E-state index in [2.05, 4.69) is 6.92 Å². The fourth-order valence-corrected chi connectivity index (χ4v) is 3.99. The molecule has 2 rings (SSSR count). The van der Waals surface area contributed by atoms with Gasteiger partial charge in [-0.05, 0) is 55.0 Å². The van der Waals surface area contributed by atoms with Gasteiger partial charge in [-0.25, -0.2) is 12.7 Å². The molecule has 0 aliphatic heterocycles. The van der Waals surface area contributed by atoms with Crippen molar-refractivity contribution in [3.05, 3.63) is 23.8 Å². The van der Waals surface area contributed by atoms with Crippen LogP contribution in [-0.4, -0.2) is 40.0 Å². The first kappa shape index (κ1) is 16.3. The Hall–Kier alpha value is -1.11. The molecular formula is C15H24N2O3S. The maximum absolute atomic E-state index is 12.7. The molecule has 1 aliphatic rings. The van der Waals surface area contributed by atoms with Crippen LogP contribution in [0, 0.1) is 11.8 Å². The molecule has 0 amide bonds. The van der Waals surface area contributed by atoms with E-state index >= 15 is 0 Å². The van der Waals surface area contributed by atoms with E-state index in [1.807, 2.05) is 0 Å². The topological polar surface area (TPSA) is 72.6 Å². The molecule has 2 N–H and O–H groups in total. The number of benzene rings is 1. The van der Waals surface area contributed by atoms with E-state index in [0.717, 1.165) is 6.42 Å². The summed E-state index contributed by atoms with van der Waals surface area (Å²) < 4.78 is 32.1. The summed E-state index contributed by atoms with van der Waals surface area (Å²) in [5, 5.41) is 0. The molecule has 0 radical (unpaired) electrons. The maximum atomic E-state index is 12.7. The molecule has 0 heterocycles. The Bertz CT molecular complexity index is 601. The largest absolute Gasteiger partial charge is 0.497 e. The molecule has 0 spiro atoms. The number of hydrogen-bond acceptors (Lipinski definition) is 4. The van der Waals surface area contributed by atoms with Gasteiger partial charge in [0.2, 0.25) is 10.0 Å². The monoisotopic (exact) mass is 312 g/mol. The highest BCUT2D eigenvalue weighted by atomic mass is 32.2. The number of nitrogens with two attached hydrogens (primary N) is 1. The summed E-state index contributed by atoms with van der Waals surface area (Å²) in [5.74, 6) is 1.76. The van der Waals surface area contributed by atoms with Gasteiger partial charge in [0.1, 0.15) is 5.75 Å². The normalized spacial score (nSPS) is 21.6. The number of methoxy groups -OCH3 is 1. The van der Waals surface area contributed by atoms with Crippen molar-refractivity contribution in [3.8, 4) is 5.75 Å². The van der Waals surface area contributed by atoms with Crippen molar-refractivity contribution in [1.82, 2.24) is 4.31 Å². The lowest BCUT2D eigenvalue weighted by Gasteiger charge is -2.19. The zero-order chi connectivity index (χ0) is 15.6. The van der Waals surface area contributed by atoms with Crippen LogP contribution in [0.1, 0.15) is 18.9 Å². The van der Waals surface area contributed by atoms with Crippen molar-refractivity contribution < 1.29 is 13.2 Å². The number of sulfonamides is 1. The van der Waals surface area contributed by atoms with Gasteiger partial charge in [0.05, 0.1) is 12.0 Å². The van der Waals surface area contributed by atoms with E-state index in [9.17, 15) is 8.42 Å². The summed E-state index contributed by atoms with van der Waals surface area (Å²) in [5.41, 5.74) is 6.32. The van der Waals surface area contributed by atoms with Gasteiger partial charge in [0, 0.05) is 13.6 Å². The Morgan fingerprint density at radius 2 is 2.10 bits per heavy atom. The number of rotatable bonds is 7. The fraction of sp³-hybridized carbons (Fsp3) is 0.600. The van der Waals surface area contributed by atoms with Crippen LogP contribution in [0.15, 0.2) is 23.1 Å². The van der Waals surface area contributed by atoms with Crippen LogP contribution in [-0.2, 0) is 16.4 Å². The maximum Gasteiger partial charge on any atom is 0.243 e. The quantitative estimate of drug-likeness (QED) is 0.827. The molecule has 21 heavy (non-hydrogen) atoms. The molecule has 0 aromatic heterocycles. The van der Waals surface area contributed by atoms with E-state index in [0.29, 0.717) is 47.6 Å².